The minimum Gasteiger partial charge on any atom is -0.483 e. The van der Waals surface area contributed by atoms with Gasteiger partial charge in [-0.15, -0.1) is 28.1 Å². The van der Waals surface area contributed by atoms with Crippen molar-refractivity contribution < 1.29 is 9.53 Å². The van der Waals surface area contributed by atoms with E-state index in [2.05, 4.69) is 73.2 Å². The third-order valence-corrected chi connectivity index (χ3v) is 8.61. The summed E-state index contributed by atoms with van der Waals surface area (Å²) in [6.07, 6.45) is 1.46. The van der Waals surface area contributed by atoms with E-state index in [1.807, 2.05) is 47.9 Å². The van der Waals surface area contributed by atoms with Gasteiger partial charge < -0.3 is 10.1 Å². The van der Waals surface area contributed by atoms with E-state index in [1.165, 1.54) is 27.6 Å². The van der Waals surface area contributed by atoms with Gasteiger partial charge >= 0.3 is 0 Å². The normalized spacial score (nSPS) is 12.0. The summed E-state index contributed by atoms with van der Waals surface area (Å²) in [6, 6.07) is 22.2. The summed E-state index contributed by atoms with van der Waals surface area (Å²) in [7, 11) is 0. The summed E-state index contributed by atoms with van der Waals surface area (Å²) < 4.78 is 9.26. The van der Waals surface area contributed by atoms with Crippen LogP contribution in [-0.4, -0.2) is 31.4 Å². The maximum absolute atomic E-state index is 12.8. The molecule has 0 aliphatic heterocycles. The minimum atomic E-state index is -0.325. The number of fused-ring (bicyclic) bond motifs is 1. The van der Waals surface area contributed by atoms with Gasteiger partial charge in [0.15, 0.2) is 17.1 Å². The second-order valence-electron chi connectivity index (χ2n) is 10.1. The lowest BCUT2D eigenvalue weighted by Crippen LogP contribution is -2.15. The van der Waals surface area contributed by atoms with Gasteiger partial charge in [-0.2, -0.15) is 0 Å². The molecular formula is C32H33N5O2S2. The molecule has 0 saturated heterocycles. The molecule has 2 aromatic heterocycles. The van der Waals surface area contributed by atoms with Crippen LogP contribution < -0.4 is 10.1 Å². The average molecular weight is 584 g/mol. The number of amides is 1. The quantitative estimate of drug-likeness (QED) is 0.125. The van der Waals surface area contributed by atoms with Crippen molar-refractivity contribution in [1.82, 2.24) is 19.7 Å². The Hall–Kier alpha value is -3.95. The topological polar surface area (TPSA) is 81.9 Å². The summed E-state index contributed by atoms with van der Waals surface area (Å²) >= 11 is 3.00. The molecule has 3 aromatic carbocycles. The van der Waals surface area contributed by atoms with Crippen LogP contribution in [0.15, 0.2) is 84.5 Å². The van der Waals surface area contributed by atoms with Gasteiger partial charge in [-0.3, -0.25) is 9.36 Å². The number of rotatable bonds is 11. The van der Waals surface area contributed by atoms with E-state index in [0.717, 1.165) is 27.5 Å². The zero-order valence-corrected chi connectivity index (χ0v) is 25.3. The van der Waals surface area contributed by atoms with Crippen LogP contribution >= 0.6 is 23.1 Å². The monoisotopic (exact) mass is 583 g/mol. The van der Waals surface area contributed by atoms with Gasteiger partial charge in [0.1, 0.15) is 10.8 Å². The summed E-state index contributed by atoms with van der Waals surface area (Å²) in [6.45, 7) is 12.7. The number of allylic oxidation sites excluding steroid dienone is 1. The molecule has 5 aromatic rings. The molecule has 1 N–H and O–H groups in total. The molecule has 41 heavy (non-hydrogen) atoms. The van der Waals surface area contributed by atoms with Gasteiger partial charge in [0, 0.05) is 17.8 Å². The Labute approximate surface area is 248 Å². The second-order valence-corrected chi connectivity index (χ2v) is 12.1. The van der Waals surface area contributed by atoms with Crippen LogP contribution in [0.5, 0.6) is 5.75 Å². The zero-order valence-electron chi connectivity index (χ0n) is 23.6. The number of aromatic nitrogens is 4. The van der Waals surface area contributed by atoms with Crippen molar-refractivity contribution in [3.63, 3.8) is 0 Å². The molecule has 9 heteroatoms. The first-order valence-corrected chi connectivity index (χ1v) is 15.3. The number of thioether (sulfide) groups is 1. The third-order valence-electron chi connectivity index (χ3n) is 6.57. The highest BCUT2D eigenvalue weighted by atomic mass is 32.2. The maximum atomic E-state index is 12.8. The van der Waals surface area contributed by atoms with Crippen molar-refractivity contribution >= 4 is 44.9 Å². The predicted octanol–water partition coefficient (Wildman–Crippen LogP) is 8.04. The molecule has 210 valence electrons. The van der Waals surface area contributed by atoms with Gasteiger partial charge in [0.2, 0.25) is 5.91 Å². The number of aryl methyl sites for hydroxylation is 1. The third kappa shape index (κ3) is 6.86. The molecule has 5 rings (SSSR count). The van der Waals surface area contributed by atoms with E-state index in [-0.39, 0.29) is 17.8 Å². The van der Waals surface area contributed by atoms with E-state index < -0.39 is 0 Å². The first-order chi connectivity index (χ1) is 19.8. The first kappa shape index (κ1) is 28.6. The Kier molecular flexibility index (Phi) is 8.85. The Morgan fingerprint density at radius 3 is 2.54 bits per heavy atom. The fourth-order valence-corrected chi connectivity index (χ4v) is 6.20. The van der Waals surface area contributed by atoms with Crippen LogP contribution in [0.1, 0.15) is 49.7 Å². The lowest BCUT2D eigenvalue weighted by molar-refractivity contribution is -0.113. The van der Waals surface area contributed by atoms with Crippen molar-refractivity contribution in [2.45, 2.75) is 51.4 Å². The van der Waals surface area contributed by atoms with Crippen LogP contribution in [-0.2, 0) is 11.3 Å². The lowest BCUT2D eigenvalue weighted by Gasteiger charge is -2.16. The van der Waals surface area contributed by atoms with E-state index in [0.29, 0.717) is 23.4 Å². The molecule has 1 unspecified atom stereocenters. The first-order valence-electron chi connectivity index (χ1n) is 13.5. The number of benzene rings is 3. The molecule has 0 radical (unpaired) electrons. The Morgan fingerprint density at radius 1 is 1.07 bits per heavy atom. The van der Waals surface area contributed by atoms with Crippen LogP contribution in [0.3, 0.4) is 0 Å². The number of nitrogens with one attached hydrogen (secondary N) is 1. The van der Waals surface area contributed by atoms with Gasteiger partial charge in [-0.05, 0) is 79.4 Å². The van der Waals surface area contributed by atoms with E-state index >= 15 is 0 Å². The summed E-state index contributed by atoms with van der Waals surface area (Å²) in [4.78, 5) is 17.5. The highest BCUT2D eigenvalue weighted by Crippen LogP contribution is 2.31. The van der Waals surface area contributed by atoms with Crippen molar-refractivity contribution in [3.05, 3.63) is 96.3 Å². The molecule has 1 amide bonds. The molecule has 2 heterocycles. The maximum Gasteiger partial charge on any atom is 0.234 e. The Morgan fingerprint density at radius 2 is 1.83 bits per heavy atom. The fourth-order valence-electron chi connectivity index (χ4n) is 4.37. The van der Waals surface area contributed by atoms with Gasteiger partial charge in [0.25, 0.3) is 0 Å². The smallest absolute Gasteiger partial charge is 0.234 e. The van der Waals surface area contributed by atoms with Gasteiger partial charge in [0.05, 0.1) is 16.0 Å². The Bertz CT molecular complexity index is 1660. The van der Waals surface area contributed by atoms with E-state index in [4.69, 9.17) is 9.72 Å². The summed E-state index contributed by atoms with van der Waals surface area (Å²) in [5.41, 5.74) is 5.23. The van der Waals surface area contributed by atoms with Crippen molar-refractivity contribution in [2.75, 3.05) is 11.1 Å². The number of thiazole rings is 1. The number of carbonyl (C=O) groups excluding carboxylic acids is 1. The van der Waals surface area contributed by atoms with Crippen molar-refractivity contribution in [2.24, 2.45) is 0 Å². The zero-order chi connectivity index (χ0) is 28.9. The van der Waals surface area contributed by atoms with Gasteiger partial charge in [-0.25, -0.2) is 4.98 Å². The molecule has 0 aliphatic carbocycles. The number of carbonyl (C=O) groups is 1. The highest BCUT2D eigenvalue weighted by Gasteiger charge is 2.20. The van der Waals surface area contributed by atoms with Crippen LogP contribution in [0, 0.1) is 6.92 Å². The van der Waals surface area contributed by atoms with Crippen LogP contribution in [0.4, 0.5) is 5.69 Å². The number of anilines is 1. The van der Waals surface area contributed by atoms with Crippen LogP contribution in [0.2, 0.25) is 0 Å². The van der Waals surface area contributed by atoms with Crippen LogP contribution in [0.25, 0.3) is 20.8 Å². The van der Waals surface area contributed by atoms with E-state index in [9.17, 15) is 4.79 Å². The predicted molar refractivity (Wildman–Crippen MR) is 169 cm³/mol. The number of ether oxygens (including phenoxy) is 1. The number of hydrogen-bond donors (Lipinski definition) is 1. The number of nitrogens with zero attached hydrogens (tertiary/aromatic N) is 4. The lowest BCUT2D eigenvalue weighted by atomic mass is 10.0. The fraction of sp³-hybridized carbons (Fsp3) is 0.250. The molecule has 0 saturated carbocycles. The SMILES string of the molecule is C=CCn1c(SCC(=O)Nc2ccc(-c3nc4ccc(C)cc4s3)cc2)nnc1C(C)Oc1ccc(C(C)C)cc1. The molecule has 0 bridgehead atoms. The standard InChI is InChI=1S/C32H33N5O2S2/c1-6-17-37-30(22(5)39-26-14-10-23(11-15-26)20(2)3)35-36-32(37)40-19-29(38)33-25-12-8-24(9-13-25)31-34-27-16-7-21(4)18-28(27)41-31/h6-16,18,20,22H,1,17,19H2,2-5H3,(H,33,38). The number of hydrogen-bond acceptors (Lipinski definition) is 7. The van der Waals surface area contributed by atoms with Gasteiger partial charge in [-0.1, -0.05) is 49.9 Å². The van der Waals surface area contributed by atoms with E-state index in [1.54, 1.807) is 17.4 Å². The molecule has 7 nitrogen and oxygen atoms in total. The van der Waals surface area contributed by atoms with Crippen molar-refractivity contribution in [1.29, 1.82) is 0 Å². The summed E-state index contributed by atoms with van der Waals surface area (Å²) in [5, 5.41) is 13.3. The van der Waals surface area contributed by atoms with Crippen molar-refractivity contribution in [3.8, 4) is 16.3 Å². The molecule has 0 aliphatic rings. The average Bonchev–Trinajstić information content (AvgIpc) is 3.56. The molecule has 0 spiro atoms. The second kappa shape index (κ2) is 12.7. The molecule has 1 atom stereocenters. The Balaban J connectivity index is 1.19. The largest absolute Gasteiger partial charge is 0.483 e. The molecule has 0 fully saturated rings. The highest BCUT2D eigenvalue weighted by molar-refractivity contribution is 7.99. The molecular weight excluding hydrogens is 551 g/mol. The minimum absolute atomic E-state index is 0.123. The summed E-state index contributed by atoms with van der Waals surface area (Å²) in [5.74, 6) is 1.99.